The summed E-state index contributed by atoms with van der Waals surface area (Å²) in [6.07, 6.45) is 2.38. The molecule has 2 heterocycles. The zero-order chi connectivity index (χ0) is 15.5. The van der Waals surface area contributed by atoms with Gasteiger partial charge in [0.25, 0.3) is 0 Å². The van der Waals surface area contributed by atoms with Crippen molar-refractivity contribution in [3.05, 3.63) is 6.07 Å². The summed E-state index contributed by atoms with van der Waals surface area (Å²) in [5.41, 5.74) is 6.06. The summed E-state index contributed by atoms with van der Waals surface area (Å²) in [6.45, 7) is 9.40. The zero-order valence-electron chi connectivity index (χ0n) is 13.6. The third kappa shape index (κ3) is 4.74. The van der Waals surface area contributed by atoms with Gasteiger partial charge in [0.05, 0.1) is 0 Å². The lowest BCUT2D eigenvalue weighted by Crippen LogP contribution is -2.44. The molecule has 1 atom stereocenters. The number of aromatic nitrogens is 2. The van der Waals surface area contributed by atoms with Crippen molar-refractivity contribution in [1.82, 2.24) is 15.3 Å². The maximum Gasteiger partial charge on any atom is 0.223 e. The van der Waals surface area contributed by atoms with E-state index in [1.54, 1.807) is 0 Å². The Morgan fingerprint density at radius 2 is 2.14 bits per heavy atom. The lowest BCUT2D eigenvalue weighted by atomic mass is 9.97. The van der Waals surface area contributed by atoms with Crippen LogP contribution in [-0.2, 0) is 0 Å². The summed E-state index contributed by atoms with van der Waals surface area (Å²) >= 11 is 0. The Morgan fingerprint density at radius 1 is 1.38 bits per heavy atom. The van der Waals surface area contributed by atoms with E-state index in [1.165, 1.54) is 12.8 Å². The SMILES string of the molecule is CNC1CCCN(c2cc(NCC(C)(C)C)nc(N)n2)C1. The van der Waals surface area contributed by atoms with Crippen LogP contribution in [0.4, 0.5) is 17.6 Å². The molecule has 0 aromatic carbocycles. The summed E-state index contributed by atoms with van der Waals surface area (Å²) in [6, 6.07) is 2.51. The highest BCUT2D eigenvalue weighted by Crippen LogP contribution is 2.22. The van der Waals surface area contributed by atoms with Crippen molar-refractivity contribution in [1.29, 1.82) is 0 Å². The number of nitrogen functional groups attached to an aromatic ring is 1. The fraction of sp³-hybridized carbons (Fsp3) is 0.733. The first-order chi connectivity index (χ1) is 9.87. The van der Waals surface area contributed by atoms with E-state index in [1.807, 2.05) is 13.1 Å². The molecule has 1 unspecified atom stereocenters. The quantitative estimate of drug-likeness (QED) is 0.784. The highest BCUT2D eigenvalue weighted by Gasteiger charge is 2.20. The highest BCUT2D eigenvalue weighted by molar-refractivity contribution is 5.53. The molecule has 0 aliphatic carbocycles. The Bertz CT molecular complexity index is 468. The first-order valence-electron chi connectivity index (χ1n) is 7.68. The monoisotopic (exact) mass is 292 g/mol. The topological polar surface area (TPSA) is 79.1 Å². The van der Waals surface area contributed by atoms with Crippen molar-refractivity contribution < 1.29 is 0 Å². The van der Waals surface area contributed by atoms with Crippen LogP contribution in [-0.4, -0.2) is 42.7 Å². The molecule has 0 bridgehead atoms. The fourth-order valence-corrected chi connectivity index (χ4v) is 2.48. The molecule has 4 N–H and O–H groups in total. The second-order valence-corrected chi connectivity index (χ2v) is 6.96. The second kappa shape index (κ2) is 6.47. The molecule has 118 valence electrons. The average Bonchev–Trinajstić information content (AvgIpc) is 2.44. The summed E-state index contributed by atoms with van der Waals surface area (Å²) < 4.78 is 0. The number of piperidine rings is 1. The lowest BCUT2D eigenvalue weighted by Gasteiger charge is -2.33. The normalized spacial score (nSPS) is 19.6. The number of likely N-dealkylation sites (N-methyl/N-ethyl adjacent to an activating group) is 1. The molecule has 1 saturated heterocycles. The van der Waals surface area contributed by atoms with Crippen molar-refractivity contribution in [3.63, 3.8) is 0 Å². The molecule has 1 fully saturated rings. The van der Waals surface area contributed by atoms with Gasteiger partial charge in [0.1, 0.15) is 11.6 Å². The second-order valence-electron chi connectivity index (χ2n) is 6.96. The molecular weight excluding hydrogens is 264 g/mol. The Kier molecular flexibility index (Phi) is 4.88. The third-order valence-electron chi connectivity index (χ3n) is 3.68. The van der Waals surface area contributed by atoms with Crippen molar-refractivity contribution >= 4 is 17.6 Å². The van der Waals surface area contributed by atoms with Gasteiger partial charge in [-0.2, -0.15) is 9.97 Å². The van der Waals surface area contributed by atoms with Gasteiger partial charge >= 0.3 is 0 Å². The maximum absolute atomic E-state index is 5.87. The van der Waals surface area contributed by atoms with Gasteiger partial charge < -0.3 is 21.3 Å². The molecule has 0 amide bonds. The number of nitrogens with two attached hydrogens (primary N) is 1. The summed E-state index contributed by atoms with van der Waals surface area (Å²) in [7, 11) is 2.01. The minimum Gasteiger partial charge on any atom is -0.369 e. The van der Waals surface area contributed by atoms with Gasteiger partial charge in [0.2, 0.25) is 5.95 Å². The van der Waals surface area contributed by atoms with Crippen molar-refractivity contribution in [3.8, 4) is 0 Å². The van der Waals surface area contributed by atoms with E-state index in [4.69, 9.17) is 5.73 Å². The van der Waals surface area contributed by atoms with Crippen LogP contribution in [0, 0.1) is 5.41 Å². The van der Waals surface area contributed by atoms with E-state index in [9.17, 15) is 0 Å². The Balaban J connectivity index is 2.11. The fourth-order valence-electron chi connectivity index (χ4n) is 2.48. The number of hydrogen-bond donors (Lipinski definition) is 3. The summed E-state index contributed by atoms with van der Waals surface area (Å²) in [4.78, 5) is 11.0. The molecule has 21 heavy (non-hydrogen) atoms. The van der Waals surface area contributed by atoms with Gasteiger partial charge in [-0.3, -0.25) is 0 Å². The minimum atomic E-state index is 0.197. The predicted molar refractivity (Wildman–Crippen MR) is 88.7 cm³/mol. The zero-order valence-corrected chi connectivity index (χ0v) is 13.6. The van der Waals surface area contributed by atoms with Crippen molar-refractivity contribution in [2.45, 2.75) is 39.7 Å². The van der Waals surface area contributed by atoms with Gasteiger partial charge in [0.15, 0.2) is 0 Å². The first-order valence-corrected chi connectivity index (χ1v) is 7.68. The third-order valence-corrected chi connectivity index (χ3v) is 3.68. The molecular formula is C15H28N6. The maximum atomic E-state index is 5.87. The number of anilines is 3. The van der Waals surface area contributed by atoms with Crippen LogP contribution in [0.1, 0.15) is 33.6 Å². The standard InChI is InChI=1S/C15H28N6/c1-15(2,3)10-18-12-8-13(20-14(16)19-12)21-7-5-6-11(9-21)17-4/h8,11,17H,5-7,9-10H2,1-4H3,(H3,16,18,19,20). The van der Waals surface area contributed by atoms with Crippen LogP contribution in [0.3, 0.4) is 0 Å². The molecule has 2 rings (SSSR count). The smallest absolute Gasteiger partial charge is 0.223 e. The average molecular weight is 292 g/mol. The Hall–Kier alpha value is -1.56. The predicted octanol–water partition coefficient (Wildman–Crippen LogP) is 1.70. The molecule has 6 nitrogen and oxygen atoms in total. The molecule has 0 spiro atoms. The van der Waals surface area contributed by atoms with E-state index in [0.717, 1.165) is 31.3 Å². The lowest BCUT2D eigenvalue weighted by molar-refractivity contribution is 0.442. The number of nitrogens with zero attached hydrogens (tertiary/aromatic N) is 3. The van der Waals surface area contributed by atoms with Crippen LogP contribution in [0.2, 0.25) is 0 Å². The van der Waals surface area contributed by atoms with Crippen LogP contribution < -0.4 is 21.3 Å². The number of hydrogen-bond acceptors (Lipinski definition) is 6. The van der Waals surface area contributed by atoms with Crippen molar-refractivity contribution in [2.75, 3.05) is 42.6 Å². The number of rotatable bonds is 4. The summed E-state index contributed by atoms with van der Waals surface area (Å²) in [5.74, 6) is 2.05. The molecule has 1 aliphatic heterocycles. The van der Waals surface area contributed by atoms with E-state index < -0.39 is 0 Å². The largest absolute Gasteiger partial charge is 0.369 e. The van der Waals surface area contributed by atoms with Gasteiger partial charge in [-0.05, 0) is 25.3 Å². The van der Waals surface area contributed by atoms with Gasteiger partial charge in [-0.25, -0.2) is 0 Å². The first kappa shape index (κ1) is 15.8. The number of nitrogens with one attached hydrogen (secondary N) is 2. The molecule has 0 saturated carbocycles. The van der Waals surface area contributed by atoms with E-state index >= 15 is 0 Å². The van der Waals surface area contributed by atoms with E-state index in [-0.39, 0.29) is 5.41 Å². The summed E-state index contributed by atoms with van der Waals surface area (Å²) in [5, 5.41) is 6.70. The van der Waals surface area contributed by atoms with Crippen LogP contribution in [0.15, 0.2) is 6.07 Å². The van der Waals surface area contributed by atoms with Crippen LogP contribution in [0.25, 0.3) is 0 Å². The molecule has 0 radical (unpaired) electrons. The van der Waals surface area contributed by atoms with Gasteiger partial charge in [-0.1, -0.05) is 20.8 Å². The molecule has 1 aliphatic rings. The highest BCUT2D eigenvalue weighted by atomic mass is 15.2. The van der Waals surface area contributed by atoms with Crippen molar-refractivity contribution in [2.24, 2.45) is 5.41 Å². The van der Waals surface area contributed by atoms with E-state index in [0.29, 0.717) is 12.0 Å². The molecule has 1 aromatic heterocycles. The van der Waals surface area contributed by atoms with Crippen LogP contribution >= 0.6 is 0 Å². The Labute approximate surface area is 127 Å². The molecule has 1 aromatic rings. The minimum absolute atomic E-state index is 0.197. The van der Waals surface area contributed by atoms with Crippen LogP contribution in [0.5, 0.6) is 0 Å². The van der Waals surface area contributed by atoms with Gasteiger partial charge in [-0.15, -0.1) is 0 Å². The van der Waals surface area contributed by atoms with Gasteiger partial charge in [0, 0.05) is 31.7 Å². The Morgan fingerprint density at radius 3 is 2.81 bits per heavy atom. The molecule has 6 heteroatoms. The van der Waals surface area contributed by atoms with E-state index in [2.05, 4.69) is 46.3 Å².